The molecule has 0 amide bonds. The van der Waals surface area contributed by atoms with Gasteiger partial charge >= 0.3 is 11.9 Å². The Kier molecular flexibility index (Phi) is 4.71. The van der Waals surface area contributed by atoms with E-state index in [9.17, 15) is 14.7 Å². The van der Waals surface area contributed by atoms with Crippen molar-refractivity contribution in [2.24, 2.45) is 11.8 Å². The highest BCUT2D eigenvalue weighted by molar-refractivity contribution is 5.89. The van der Waals surface area contributed by atoms with Crippen LogP contribution in [0, 0.1) is 11.8 Å². The first kappa shape index (κ1) is 17.4. The number of hydrogen-bond donors (Lipinski definition) is 1. The van der Waals surface area contributed by atoms with Gasteiger partial charge in [-0.1, -0.05) is 13.0 Å². The molecule has 0 aromatic rings. The van der Waals surface area contributed by atoms with Crippen LogP contribution in [0.2, 0.25) is 0 Å². The molecule has 3 rings (SSSR count). The minimum atomic E-state index is -1.62. The second kappa shape index (κ2) is 6.48. The molecule has 0 radical (unpaired) electrons. The second-order valence-corrected chi connectivity index (χ2v) is 7.47. The molecule has 0 saturated carbocycles. The molecule has 0 aliphatic carbocycles. The van der Waals surface area contributed by atoms with E-state index < -0.39 is 17.5 Å². The van der Waals surface area contributed by atoms with Crippen LogP contribution in [0.25, 0.3) is 0 Å². The van der Waals surface area contributed by atoms with E-state index in [1.54, 1.807) is 19.9 Å². The number of aliphatic hydroxyl groups is 1. The second-order valence-electron chi connectivity index (χ2n) is 7.47. The smallest absolute Gasteiger partial charge is 0.338 e. The highest BCUT2D eigenvalue weighted by Crippen LogP contribution is 2.36. The average molecular weight is 337 g/mol. The minimum absolute atomic E-state index is 0.113. The minimum Gasteiger partial charge on any atom is -0.463 e. The maximum Gasteiger partial charge on any atom is 0.338 e. The molecule has 0 aromatic carbocycles. The normalized spacial score (nSPS) is 42.9. The van der Waals surface area contributed by atoms with Gasteiger partial charge in [0, 0.05) is 18.0 Å². The molecule has 1 unspecified atom stereocenters. The van der Waals surface area contributed by atoms with Crippen molar-refractivity contribution in [1.82, 2.24) is 4.90 Å². The zero-order valence-corrected chi connectivity index (χ0v) is 14.7. The molecule has 134 valence electrons. The molecule has 6 nitrogen and oxygen atoms in total. The molecule has 1 N–H and O–H groups in total. The van der Waals surface area contributed by atoms with Crippen molar-refractivity contribution in [3.8, 4) is 0 Å². The monoisotopic (exact) mass is 337 g/mol. The lowest BCUT2D eigenvalue weighted by atomic mass is 9.85. The lowest BCUT2D eigenvalue weighted by molar-refractivity contribution is -0.172. The molecule has 3 saturated heterocycles. The Morgan fingerprint density at radius 3 is 2.71 bits per heavy atom. The van der Waals surface area contributed by atoms with Gasteiger partial charge in [0.25, 0.3) is 0 Å². The van der Waals surface area contributed by atoms with Gasteiger partial charge < -0.3 is 14.6 Å². The molecular formula is C18H27NO5. The molecule has 0 spiro atoms. The van der Waals surface area contributed by atoms with Gasteiger partial charge in [-0.2, -0.15) is 0 Å². The maximum atomic E-state index is 12.6. The first-order valence-electron chi connectivity index (χ1n) is 8.84. The number of hydrogen-bond acceptors (Lipinski definition) is 6. The molecule has 0 aromatic heterocycles. The van der Waals surface area contributed by atoms with Crippen LogP contribution < -0.4 is 0 Å². The lowest BCUT2D eigenvalue weighted by Crippen LogP contribution is -2.46. The zero-order valence-electron chi connectivity index (χ0n) is 14.7. The number of esters is 2. The van der Waals surface area contributed by atoms with Crippen molar-refractivity contribution in [3.63, 3.8) is 0 Å². The van der Waals surface area contributed by atoms with Crippen molar-refractivity contribution in [2.75, 3.05) is 19.7 Å². The van der Waals surface area contributed by atoms with Gasteiger partial charge in [-0.25, -0.2) is 9.59 Å². The Morgan fingerprint density at radius 1 is 1.29 bits per heavy atom. The molecular weight excluding hydrogens is 310 g/mol. The third kappa shape index (κ3) is 2.97. The Labute approximate surface area is 142 Å². The summed E-state index contributed by atoms with van der Waals surface area (Å²) >= 11 is 0. The summed E-state index contributed by atoms with van der Waals surface area (Å²) in [6.45, 7) is 7.11. The lowest BCUT2D eigenvalue weighted by Gasteiger charge is -2.32. The first-order valence-corrected chi connectivity index (χ1v) is 8.84. The SMILES string of the molecule is C/C=C1\CC(C)[C@@](C)(O)C(=O)OC[C@H]2CCN3CC[C@@H](OC1=O)[C@@H]23. The van der Waals surface area contributed by atoms with Crippen LogP contribution in [0.15, 0.2) is 11.6 Å². The summed E-state index contributed by atoms with van der Waals surface area (Å²) in [6, 6.07) is 0.113. The third-order valence-electron chi connectivity index (χ3n) is 5.97. The van der Waals surface area contributed by atoms with Gasteiger partial charge in [0.15, 0.2) is 5.60 Å². The van der Waals surface area contributed by atoms with E-state index in [0.717, 1.165) is 25.9 Å². The summed E-state index contributed by atoms with van der Waals surface area (Å²) in [4.78, 5) is 27.3. The van der Waals surface area contributed by atoms with Gasteiger partial charge in [0.1, 0.15) is 6.10 Å². The fourth-order valence-corrected chi connectivity index (χ4v) is 4.11. The van der Waals surface area contributed by atoms with E-state index in [1.807, 2.05) is 0 Å². The molecule has 6 heteroatoms. The van der Waals surface area contributed by atoms with Crippen molar-refractivity contribution >= 4 is 11.9 Å². The molecule has 5 atom stereocenters. The summed E-state index contributed by atoms with van der Waals surface area (Å²) in [5.41, 5.74) is -1.12. The van der Waals surface area contributed by atoms with Crippen molar-refractivity contribution in [2.45, 2.75) is 57.8 Å². The van der Waals surface area contributed by atoms with Crippen LogP contribution in [0.3, 0.4) is 0 Å². The number of cyclic esters (lactones) is 1. The van der Waals surface area contributed by atoms with Crippen molar-refractivity contribution < 1.29 is 24.2 Å². The highest BCUT2D eigenvalue weighted by Gasteiger charge is 2.48. The Hall–Kier alpha value is -1.40. The van der Waals surface area contributed by atoms with Crippen LogP contribution >= 0.6 is 0 Å². The number of carbonyl (C=O) groups is 2. The van der Waals surface area contributed by atoms with Crippen LogP contribution in [0.1, 0.15) is 40.0 Å². The van der Waals surface area contributed by atoms with Gasteiger partial charge in [-0.15, -0.1) is 0 Å². The van der Waals surface area contributed by atoms with E-state index in [0.29, 0.717) is 5.57 Å². The van der Waals surface area contributed by atoms with E-state index in [2.05, 4.69) is 4.90 Å². The quantitative estimate of drug-likeness (QED) is 0.530. The van der Waals surface area contributed by atoms with Gasteiger partial charge in [-0.3, -0.25) is 4.90 Å². The van der Waals surface area contributed by atoms with Gasteiger partial charge in [0.05, 0.1) is 12.6 Å². The number of carbonyl (C=O) groups excluding carboxylic acids is 2. The maximum absolute atomic E-state index is 12.6. The Bertz CT molecular complexity index is 556. The molecule has 3 aliphatic heterocycles. The summed E-state index contributed by atoms with van der Waals surface area (Å²) in [7, 11) is 0. The largest absolute Gasteiger partial charge is 0.463 e. The topological polar surface area (TPSA) is 76.1 Å². The molecule has 3 heterocycles. The summed E-state index contributed by atoms with van der Waals surface area (Å²) in [6.07, 6.45) is 3.59. The third-order valence-corrected chi connectivity index (χ3v) is 5.97. The predicted molar refractivity (Wildman–Crippen MR) is 87.1 cm³/mol. The predicted octanol–water partition coefficient (Wildman–Crippen LogP) is 1.27. The molecule has 3 aliphatic rings. The first-order chi connectivity index (χ1) is 11.3. The van der Waals surface area contributed by atoms with Crippen LogP contribution in [-0.2, 0) is 19.1 Å². The average Bonchev–Trinajstić information content (AvgIpc) is 3.12. The van der Waals surface area contributed by atoms with Crippen LogP contribution in [0.5, 0.6) is 0 Å². The van der Waals surface area contributed by atoms with E-state index in [4.69, 9.17) is 9.47 Å². The Balaban J connectivity index is 1.89. The van der Waals surface area contributed by atoms with E-state index >= 15 is 0 Å². The number of ether oxygens (including phenoxy) is 2. The fraction of sp³-hybridized carbons (Fsp3) is 0.778. The van der Waals surface area contributed by atoms with Crippen LogP contribution in [0.4, 0.5) is 0 Å². The van der Waals surface area contributed by atoms with E-state index in [-0.39, 0.29) is 37.1 Å². The van der Waals surface area contributed by atoms with Crippen LogP contribution in [-0.4, -0.2) is 59.4 Å². The fourth-order valence-electron chi connectivity index (χ4n) is 4.11. The number of rotatable bonds is 0. The zero-order chi connectivity index (χ0) is 17.5. The Morgan fingerprint density at radius 2 is 2.00 bits per heavy atom. The molecule has 3 fully saturated rings. The van der Waals surface area contributed by atoms with Gasteiger partial charge in [0.2, 0.25) is 0 Å². The molecule has 24 heavy (non-hydrogen) atoms. The summed E-state index contributed by atoms with van der Waals surface area (Å²) < 4.78 is 11.3. The highest BCUT2D eigenvalue weighted by atomic mass is 16.6. The summed E-state index contributed by atoms with van der Waals surface area (Å²) in [5, 5.41) is 10.6. The van der Waals surface area contributed by atoms with Crippen molar-refractivity contribution in [1.29, 1.82) is 0 Å². The summed E-state index contributed by atoms with van der Waals surface area (Å²) in [5.74, 6) is -1.23. The van der Waals surface area contributed by atoms with Crippen molar-refractivity contribution in [3.05, 3.63) is 11.6 Å². The number of allylic oxidation sites excluding steroid dienone is 1. The van der Waals surface area contributed by atoms with E-state index in [1.165, 1.54) is 6.92 Å². The molecule has 0 bridgehead atoms. The van der Waals surface area contributed by atoms with Gasteiger partial charge in [-0.05, 0) is 45.6 Å². The standard InChI is InChI=1S/C18H27NO5/c1-4-12-9-11(2)18(3,22)17(21)23-10-13-5-7-19-8-6-14(15(13)19)24-16(12)20/h4,11,13-15,22H,5-10H2,1-3H3/b12-4+/t11?,13-,14-,15-,18-/m1/s1. The number of nitrogens with zero attached hydrogens (tertiary/aromatic N) is 1.